The van der Waals surface area contributed by atoms with Gasteiger partial charge in [-0.25, -0.2) is 18.4 Å². The topological polar surface area (TPSA) is 147 Å². The lowest BCUT2D eigenvalue weighted by molar-refractivity contribution is 0.432. The molecule has 0 aliphatic carbocycles. The standard InChI is InChI=1S/C23H26N6O4S/c1-15(16-7-11-19(12-8-16)34(31,32)14-13-29(3)4)26-20(21(24)25-2)23-28-27-22(33-23)17-5-9-18(30)10-6-17/h5-12,30H,2,13-14,24H2,1,3-4H3/b21-20-,26-15+. The van der Waals surface area contributed by atoms with E-state index in [4.69, 9.17) is 10.2 Å². The molecule has 0 saturated heterocycles. The van der Waals surface area contributed by atoms with Gasteiger partial charge in [0, 0.05) is 17.8 Å². The maximum atomic E-state index is 12.5. The summed E-state index contributed by atoms with van der Waals surface area (Å²) in [5.74, 6) is 0.380. The fourth-order valence-electron chi connectivity index (χ4n) is 2.89. The number of rotatable bonds is 9. The highest BCUT2D eigenvalue weighted by Crippen LogP contribution is 2.25. The van der Waals surface area contributed by atoms with Crippen LogP contribution in [0.5, 0.6) is 5.75 Å². The van der Waals surface area contributed by atoms with Gasteiger partial charge in [-0.1, -0.05) is 12.1 Å². The summed E-state index contributed by atoms with van der Waals surface area (Å²) in [5, 5.41) is 17.5. The van der Waals surface area contributed by atoms with Crippen LogP contribution in [-0.2, 0) is 9.84 Å². The van der Waals surface area contributed by atoms with Crippen LogP contribution in [0.1, 0.15) is 18.4 Å². The lowest BCUT2D eigenvalue weighted by Crippen LogP contribution is -2.22. The summed E-state index contributed by atoms with van der Waals surface area (Å²) in [7, 11) is 0.257. The van der Waals surface area contributed by atoms with Gasteiger partial charge in [0.2, 0.25) is 5.89 Å². The van der Waals surface area contributed by atoms with Gasteiger partial charge in [-0.05, 0) is 69.7 Å². The molecule has 34 heavy (non-hydrogen) atoms. The third-order valence-corrected chi connectivity index (χ3v) is 6.58. The summed E-state index contributed by atoms with van der Waals surface area (Å²) >= 11 is 0. The van der Waals surface area contributed by atoms with E-state index in [0.29, 0.717) is 23.4 Å². The molecule has 3 rings (SSSR count). The molecule has 0 aliphatic heterocycles. The van der Waals surface area contributed by atoms with Gasteiger partial charge in [0.25, 0.3) is 5.89 Å². The number of aromatic nitrogens is 2. The van der Waals surface area contributed by atoms with Crippen molar-refractivity contribution < 1.29 is 17.9 Å². The first kappa shape index (κ1) is 24.8. The molecule has 178 valence electrons. The summed E-state index contributed by atoms with van der Waals surface area (Å²) in [6.07, 6.45) is 0. The zero-order valence-corrected chi connectivity index (χ0v) is 20.0. The number of phenols is 1. The van der Waals surface area contributed by atoms with Crippen LogP contribution in [0.4, 0.5) is 0 Å². The largest absolute Gasteiger partial charge is 0.508 e. The number of hydrogen-bond donors (Lipinski definition) is 2. The van der Waals surface area contributed by atoms with E-state index in [2.05, 4.69) is 26.9 Å². The Bertz CT molecular complexity index is 1320. The van der Waals surface area contributed by atoms with Crippen molar-refractivity contribution in [1.82, 2.24) is 15.1 Å². The number of phenolic OH excluding ortho intramolecular Hbond substituents is 1. The van der Waals surface area contributed by atoms with E-state index in [1.807, 2.05) is 19.0 Å². The fourth-order valence-corrected chi connectivity index (χ4v) is 4.28. The van der Waals surface area contributed by atoms with Gasteiger partial charge in [0.1, 0.15) is 5.75 Å². The maximum absolute atomic E-state index is 12.5. The molecule has 0 bridgehead atoms. The number of sulfone groups is 1. The molecule has 3 N–H and O–H groups in total. The number of nitrogens with zero attached hydrogens (tertiary/aromatic N) is 5. The number of hydrogen-bond acceptors (Lipinski definition) is 10. The molecule has 0 atom stereocenters. The Morgan fingerprint density at radius 1 is 1.12 bits per heavy atom. The lowest BCUT2D eigenvalue weighted by Gasteiger charge is -2.10. The third-order valence-electron chi connectivity index (χ3n) is 4.87. The minimum absolute atomic E-state index is 0.0110. The van der Waals surface area contributed by atoms with Crippen LogP contribution in [0.3, 0.4) is 0 Å². The number of aromatic hydroxyl groups is 1. The maximum Gasteiger partial charge on any atom is 0.270 e. The van der Waals surface area contributed by atoms with Gasteiger partial charge in [-0.15, -0.1) is 10.2 Å². The quantitative estimate of drug-likeness (QED) is 0.442. The Hall–Kier alpha value is -3.83. The normalized spacial score (nSPS) is 13.1. The highest BCUT2D eigenvalue weighted by atomic mass is 32.2. The predicted octanol–water partition coefficient (Wildman–Crippen LogP) is 2.57. The Labute approximate surface area is 198 Å². The van der Waals surface area contributed by atoms with Crippen LogP contribution in [0.2, 0.25) is 0 Å². The van der Waals surface area contributed by atoms with Crippen molar-refractivity contribution in [2.24, 2.45) is 15.7 Å². The average molecular weight is 483 g/mol. The Morgan fingerprint density at radius 2 is 1.76 bits per heavy atom. The summed E-state index contributed by atoms with van der Waals surface area (Å²) in [6.45, 7) is 5.61. The molecular formula is C23H26N6O4S. The number of aliphatic imine (C=N–C) groups is 2. The number of benzene rings is 2. The summed E-state index contributed by atoms with van der Waals surface area (Å²) in [6, 6.07) is 12.7. The monoisotopic (exact) mass is 482 g/mol. The molecule has 3 aromatic rings. The van der Waals surface area contributed by atoms with Gasteiger partial charge in [-0.3, -0.25) is 0 Å². The smallest absolute Gasteiger partial charge is 0.270 e. The van der Waals surface area contributed by atoms with Crippen molar-refractivity contribution in [3.63, 3.8) is 0 Å². The Morgan fingerprint density at radius 3 is 2.35 bits per heavy atom. The molecule has 10 nitrogen and oxygen atoms in total. The molecule has 0 fully saturated rings. The van der Waals surface area contributed by atoms with Crippen molar-refractivity contribution >= 4 is 28.0 Å². The van der Waals surface area contributed by atoms with E-state index in [9.17, 15) is 13.5 Å². The molecule has 2 aromatic carbocycles. The fraction of sp³-hybridized carbons (Fsp3) is 0.217. The zero-order valence-electron chi connectivity index (χ0n) is 19.1. The van der Waals surface area contributed by atoms with Crippen LogP contribution in [0, 0.1) is 0 Å². The molecule has 0 unspecified atom stereocenters. The third kappa shape index (κ3) is 5.94. The van der Waals surface area contributed by atoms with E-state index >= 15 is 0 Å². The van der Waals surface area contributed by atoms with Crippen LogP contribution in [0.25, 0.3) is 17.2 Å². The van der Waals surface area contributed by atoms with Crippen LogP contribution in [-0.4, -0.2) is 67.4 Å². The molecule has 0 spiro atoms. The molecule has 0 amide bonds. The van der Waals surface area contributed by atoms with E-state index in [-0.39, 0.29) is 39.7 Å². The molecule has 11 heteroatoms. The Balaban J connectivity index is 1.89. The molecule has 1 heterocycles. The second-order valence-corrected chi connectivity index (χ2v) is 9.80. The average Bonchev–Trinajstić information content (AvgIpc) is 3.31. The van der Waals surface area contributed by atoms with Crippen LogP contribution >= 0.6 is 0 Å². The van der Waals surface area contributed by atoms with Gasteiger partial charge in [-0.2, -0.15) is 0 Å². The van der Waals surface area contributed by atoms with Crippen LogP contribution in [0.15, 0.2) is 73.6 Å². The van der Waals surface area contributed by atoms with Gasteiger partial charge < -0.3 is 20.2 Å². The zero-order chi connectivity index (χ0) is 24.9. The predicted molar refractivity (Wildman–Crippen MR) is 131 cm³/mol. The van der Waals surface area contributed by atoms with Crippen molar-refractivity contribution in [2.45, 2.75) is 11.8 Å². The SMILES string of the molecule is C=N/C(N)=C(\N=C(/C)c1ccc(S(=O)(=O)CCN(C)C)cc1)c1nnc(-c2ccc(O)cc2)o1. The van der Waals surface area contributed by atoms with Crippen molar-refractivity contribution in [3.05, 3.63) is 65.8 Å². The highest BCUT2D eigenvalue weighted by Gasteiger charge is 2.18. The Kier molecular flexibility index (Phi) is 7.59. The first-order valence-electron chi connectivity index (χ1n) is 10.2. The van der Waals surface area contributed by atoms with Gasteiger partial charge in [0.05, 0.1) is 10.6 Å². The molecule has 0 saturated carbocycles. The minimum atomic E-state index is -3.39. The minimum Gasteiger partial charge on any atom is -0.508 e. The summed E-state index contributed by atoms with van der Waals surface area (Å²) in [5.41, 5.74) is 7.93. The summed E-state index contributed by atoms with van der Waals surface area (Å²) < 4.78 is 30.7. The molecule has 0 radical (unpaired) electrons. The van der Waals surface area contributed by atoms with Crippen molar-refractivity contribution in [1.29, 1.82) is 0 Å². The van der Waals surface area contributed by atoms with E-state index in [0.717, 1.165) is 0 Å². The van der Waals surface area contributed by atoms with E-state index in [1.54, 1.807) is 43.3 Å². The first-order valence-corrected chi connectivity index (χ1v) is 11.9. The molecule has 0 aliphatic rings. The van der Waals surface area contributed by atoms with E-state index in [1.165, 1.54) is 12.1 Å². The van der Waals surface area contributed by atoms with Crippen molar-refractivity contribution in [2.75, 3.05) is 26.4 Å². The highest BCUT2D eigenvalue weighted by molar-refractivity contribution is 7.91. The van der Waals surface area contributed by atoms with Crippen LogP contribution < -0.4 is 5.73 Å². The van der Waals surface area contributed by atoms with E-state index < -0.39 is 9.84 Å². The molecular weight excluding hydrogens is 456 g/mol. The lowest BCUT2D eigenvalue weighted by atomic mass is 10.1. The second kappa shape index (κ2) is 10.4. The first-order chi connectivity index (χ1) is 16.1. The van der Waals surface area contributed by atoms with Gasteiger partial charge >= 0.3 is 0 Å². The number of nitrogens with two attached hydrogens (primary N) is 1. The van der Waals surface area contributed by atoms with Gasteiger partial charge in [0.15, 0.2) is 21.4 Å². The van der Waals surface area contributed by atoms with Crippen molar-refractivity contribution in [3.8, 4) is 17.2 Å². The molecule has 1 aromatic heterocycles. The second-order valence-electron chi connectivity index (χ2n) is 7.69. The summed E-state index contributed by atoms with van der Waals surface area (Å²) in [4.78, 5) is 10.3.